The highest BCUT2D eigenvalue weighted by atomic mass is 35.5. The number of hydrogen-bond acceptors (Lipinski definition) is 4. The third-order valence-electron chi connectivity index (χ3n) is 4.99. The van der Waals surface area contributed by atoms with Crippen molar-refractivity contribution in [3.63, 3.8) is 0 Å². The predicted molar refractivity (Wildman–Crippen MR) is 102 cm³/mol. The van der Waals surface area contributed by atoms with Gasteiger partial charge in [-0.3, -0.25) is 9.59 Å². The summed E-state index contributed by atoms with van der Waals surface area (Å²) in [5.41, 5.74) is 1.75. The SMILES string of the molecule is Cc1c(OC2CC(C(=O)O)C2)cccc1-c1cc(=O)c2cccc(Cl)c2o1. The van der Waals surface area contributed by atoms with Gasteiger partial charge in [0, 0.05) is 17.2 Å². The van der Waals surface area contributed by atoms with Gasteiger partial charge in [0.05, 0.1) is 16.3 Å². The number of carboxylic acids is 1. The molecule has 0 radical (unpaired) electrons. The topological polar surface area (TPSA) is 76.7 Å². The van der Waals surface area contributed by atoms with Crippen molar-refractivity contribution in [2.45, 2.75) is 25.9 Å². The standard InChI is InChI=1S/C21H17ClO5/c1-11-14(4-3-7-18(11)26-13-8-12(9-13)21(24)25)19-10-17(23)15-5-2-6-16(22)20(15)27-19/h2-7,10,12-13H,8-9H2,1H3,(H,24,25). The van der Waals surface area contributed by atoms with Crippen LogP contribution in [-0.4, -0.2) is 17.2 Å². The van der Waals surface area contributed by atoms with E-state index in [1.165, 1.54) is 6.07 Å². The molecule has 1 aliphatic rings. The van der Waals surface area contributed by atoms with Crippen LogP contribution in [0.4, 0.5) is 0 Å². The summed E-state index contributed by atoms with van der Waals surface area (Å²) in [7, 11) is 0. The lowest BCUT2D eigenvalue weighted by Gasteiger charge is -2.33. The number of fused-ring (bicyclic) bond motifs is 1. The summed E-state index contributed by atoms with van der Waals surface area (Å²) >= 11 is 6.19. The predicted octanol–water partition coefficient (Wildman–Crippen LogP) is 4.66. The zero-order chi connectivity index (χ0) is 19.1. The average Bonchev–Trinajstić information content (AvgIpc) is 2.59. The molecule has 0 unspecified atom stereocenters. The lowest BCUT2D eigenvalue weighted by atomic mass is 9.82. The summed E-state index contributed by atoms with van der Waals surface area (Å²) in [6.07, 6.45) is 0.886. The van der Waals surface area contributed by atoms with Crippen LogP contribution in [0.15, 0.2) is 51.7 Å². The first-order chi connectivity index (χ1) is 12.9. The van der Waals surface area contributed by atoms with Gasteiger partial charge >= 0.3 is 5.97 Å². The lowest BCUT2D eigenvalue weighted by Crippen LogP contribution is -2.38. The zero-order valence-corrected chi connectivity index (χ0v) is 15.3. The summed E-state index contributed by atoms with van der Waals surface area (Å²) in [4.78, 5) is 23.4. The molecule has 1 aromatic heterocycles. The summed E-state index contributed by atoms with van der Waals surface area (Å²) in [6, 6.07) is 12.0. The maximum absolute atomic E-state index is 12.4. The van der Waals surface area contributed by atoms with E-state index in [1.807, 2.05) is 25.1 Å². The normalized spacial score (nSPS) is 18.9. The second-order valence-electron chi connectivity index (χ2n) is 6.77. The molecule has 3 aromatic rings. The molecule has 27 heavy (non-hydrogen) atoms. The Hall–Kier alpha value is -2.79. The molecule has 138 valence electrons. The first-order valence-electron chi connectivity index (χ1n) is 8.66. The molecule has 1 saturated carbocycles. The summed E-state index contributed by atoms with van der Waals surface area (Å²) < 4.78 is 11.9. The number of halogens is 1. The smallest absolute Gasteiger partial charge is 0.306 e. The number of benzene rings is 2. The van der Waals surface area contributed by atoms with E-state index in [2.05, 4.69) is 0 Å². The van der Waals surface area contributed by atoms with E-state index >= 15 is 0 Å². The Labute approximate surface area is 160 Å². The van der Waals surface area contributed by atoms with Gasteiger partial charge in [-0.15, -0.1) is 0 Å². The molecule has 2 aromatic carbocycles. The maximum atomic E-state index is 12.4. The fourth-order valence-electron chi connectivity index (χ4n) is 3.33. The van der Waals surface area contributed by atoms with Crippen LogP contribution < -0.4 is 10.2 Å². The van der Waals surface area contributed by atoms with Gasteiger partial charge in [0.15, 0.2) is 11.0 Å². The van der Waals surface area contributed by atoms with Gasteiger partial charge in [0.2, 0.25) is 0 Å². The van der Waals surface area contributed by atoms with Crippen molar-refractivity contribution in [3.8, 4) is 17.1 Å². The molecule has 4 rings (SSSR count). The van der Waals surface area contributed by atoms with Crippen molar-refractivity contribution in [1.29, 1.82) is 0 Å². The molecule has 6 heteroatoms. The summed E-state index contributed by atoms with van der Waals surface area (Å²) in [5.74, 6) is -0.0434. The third kappa shape index (κ3) is 3.19. The molecule has 1 heterocycles. The molecule has 1 fully saturated rings. The van der Waals surface area contributed by atoms with E-state index < -0.39 is 5.97 Å². The van der Waals surface area contributed by atoms with Gasteiger partial charge in [-0.05, 0) is 38.0 Å². The largest absolute Gasteiger partial charge is 0.490 e. The van der Waals surface area contributed by atoms with E-state index in [0.717, 1.165) is 11.1 Å². The molecule has 1 N–H and O–H groups in total. The molecule has 0 saturated heterocycles. The number of carbonyl (C=O) groups is 1. The van der Waals surface area contributed by atoms with Crippen molar-refractivity contribution < 1.29 is 19.1 Å². The fraction of sp³-hybridized carbons (Fsp3) is 0.238. The Bertz CT molecular complexity index is 1100. The highest BCUT2D eigenvalue weighted by molar-refractivity contribution is 6.34. The number of rotatable bonds is 4. The van der Waals surface area contributed by atoms with Gasteiger partial charge < -0.3 is 14.3 Å². The van der Waals surface area contributed by atoms with Gasteiger partial charge in [0.25, 0.3) is 0 Å². The van der Waals surface area contributed by atoms with Crippen molar-refractivity contribution in [2.75, 3.05) is 0 Å². The molecule has 0 amide bonds. The van der Waals surface area contributed by atoms with Crippen LogP contribution in [0.25, 0.3) is 22.3 Å². The third-order valence-corrected chi connectivity index (χ3v) is 5.29. The fourth-order valence-corrected chi connectivity index (χ4v) is 3.54. The minimum atomic E-state index is -0.782. The molecular formula is C21H17ClO5. The van der Waals surface area contributed by atoms with E-state index in [4.69, 9.17) is 25.9 Å². The first kappa shape index (κ1) is 17.6. The van der Waals surface area contributed by atoms with Crippen molar-refractivity contribution in [2.24, 2.45) is 5.92 Å². The van der Waals surface area contributed by atoms with Crippen LogP contribution in [0.5, 0.6) is 5.75 Å². The molecule has 0 spiro atoms. The second kappa shape index (κ2) is 6.74. The zero-order valence-electron chi connectivity index (χ0n) is 14.6. The van der Waals surface area contributed by atoms with Crippen LogP contribution in [0, 0.1) is 12.8 Å². The van der Waals surface area contributed by atoms with Crippen LogP contribution in [0.2, 0.25) is 5.02 Å². The highest BCUT2D eigenvalue weighted by Crippen LogP contribution is 2.36. The molecular weight excluding hydrogens is 368 g/mol. The Balaban J connectivity index is 1.69. The summed E-state index contributed by atoms with van der Waals surface area (Å²) in [6.45, 7) is 1.88. The summed E-state index contributed by atoms with van der Waals surface area (Å²) in [5, 5.41) is 9.81. The quantitative estimate of drug-likeness (QED) is 0.707. The van der Waals surface area contributed by atoms with Crippen molar-refractivity contribution in [3.05, 3.63) is 63.3 Å². The lowest BCUT2D eigenvalue weighted by molar-refractivity contribution is -0.147. The van der Waals surface area contributed by atoms with E-state index in [9.17, 15) is 9.59 Å². The van der Waals surface area contributed by atoms with Crippen molar-refractivity contribution >= 4 is 28.5 Å². The van der Waals surface area contributed by atoms with Crippen LogP contribution in [0.3, 0.4) is 0 Å². The molecule has 0 atom stereocenters. The number of aliphatic carboxylic acids is 1. The van der Waals surface area contributed by atoms with Gasteiger partial charge in [-0.2, -0.15) is 0 Å². The Morgan fingerprint density at radius 2 is 1.96 bits per heavy atom. The molecule has 0 bridgehead atoms. The number of para-hydroxylation sites is 1. The minimum Gasteiger partial charge on any atom is -0.490 e. The maximum Gasteiger partial charge on any atom is 0.306 e. The van der Waals surface area contributed by atoms with Crippen LogP contribution >= 0.6 is 11.6 Å². The minimum absolute atomic E-state index is 0.113. The van der Waals surface area contributed by atoms with Crippen LogP contribution in [-0.2, 0) is 4.79 Å². The van der Waals surface area contributed by atoms with Crippen LogP contribution in [0.1, 0.15) is 18.4 Å². The number of carboxylic acid groups (broad SMARTS) is 1. The Kier molecular flexibility index (Phi) is 4.40. The van der Waals surface area contributed by atoms with Crippen molar-refractivity contribution in [1.82, 2.24) is 0 Å². The number of ether oxygens (including phenoxy) is 1. The Morgan fingerprint density at radius 3 is 2.70 bits per heavy atom. The molecule has 5 nitrogen and oxygen atoms in total. The van der Waals surface area contributed by atoms with E-state index in [0.29, 0.717) is 40.3 Å². The van der Waals surface area contributed by atoms with E-state index in [-0.39, 0.29) is 17.5 Å². The second-order valence-corrected chi connectivity index (χ2v) is 7.17. The average molecular weight is 385 g/mol. The molecule has 0 aliphatic heterocycles. The van der Waals surface area contributed by atoms with Gasteiger partial charge in [-0.25, -0.2) is 0 Å². The first-order valence-corrected chi connectivity index (χ1v) is 9.03. The number of hydrogen-bond donors (Lipinski definition) is 1. The van der Waals surface area contributed by atoms with Gasteiger partial charge in [0.1, 0.15) is 17.6 Å². The molecule has 1 aliphatic carbocycles. The monoisotopic (exact) mass is 384 g/mol. The van der Waals surface area contributed by atoms with E-state index in [1.54, 1.807) is 18.2 Å². The highest BCUT2D eigenvalue weighted by Gasteiger charge is 2.36. The van der Waals surface area contributed by atoms with Gasteiger partial charge in [-0.1, -0.05) is 29.8 Å². The Morgan fingerprint density at radius 1 is 1.22 bits per heavy atom.